The van der Waals surface area contributed by atoms with Crippen LogP contribution in [-0.2, 0) is 10.9 Å². The quantitative estimate of drug-likeness (QED) is 0.741. The lowest BCUT2D eigenvalue weighted by Gasteiger charge is -2.14. The molecule has 6 nitrogen and oxygen atoms in total. The van der Waals surface area contributed by atoms with Crippen LogP contribution in [0.25, 0.3) is 4.96 Å². The number of rotatable bonds is 3. The zero-order valence-electron chi connectivity index (χ0n) is 13.2. The fourth-order valence-electron chi connectivity index (χ4n) is 2.32. The molecule has 0 spiro atoms. The molecule has 0 bridgehead atoms. The first-order valence-corrected chi connectivity index (χ1v) is 8.01. The molecule has 1 N–H and O–H groups in total. The normalized spacial score (nSPS) is 13.0. The average molecular weight is 370 g/mol. The smallest absolute Gasteiger partial charge is 0.416 e. The molecule has 3 rings (SSSR count). The van der Waals surface area contributed by atoms with Gasteiger partial charge in [0, 0.05) is 5.69 Å². The summed E-state index contributed by atoms with van der Waals surface area (Å²) >= 11 is 1.33. The summed E-state index contributed by atoms with van der Waals surface area (Å²) in [6.07, 6.45) is -4.50. The van der Waals surface area contributed by atoms with E-state index in [1.165, 1.54) is 29.8 Å². The number of thiazole rings is 1. The number of amides is 1. The van der Waals surface area contributed by atoms with Gasteiger partial charge in [-0.3, -0.25) is 5.32 Å². The number of hydrogen-bond donors (Lipinski definition) is 1. The van der Waals surface area contributed by atoms with Crippen LogP contribution in [0.1, 0.15) is 29.2 Å². The summed E-state index contributed by atoms with van der Waals surface area (Å²) in [4.78, 5) is 17.5. The monoisotopic (exact) mass is 370 g/mol. The molecule has 0 aliphatic rings. The van der Waals surface area contributed by atoms with E-state index in [0.29, 0.717) is 4.96 Å². The van der Waals surface area contributed by atoms with Crippen LogP contribution in [0.4, 0.5) is 23.7 Å². The molecule has 0 radical (unpaired) electrons. The van der Waals surface area contributed by atoms with E-state index in [2.05, 4.69) is 15.4 Å². The van der Waals surface area contributed by atoms with Gasteiger partial charge in [-0.25, -0.2) is 14.3 Å². The van der Waals surface area contributed by atoms with Gasteiger partial charge in [-0.05, 0) is 32.0 Å². The summed E-state index contributed by atoms with van der Waals surface area (Å²) in [6.45, 7) is 3.49. The number of fused-ring (bicyclic) bond motifs is 1. The molecule has 3 aromatic rings. The fraction of sp³-hybridized carbons (Fsp3) is 0.267. The van der Waals surface area contributed by atoms with Crippen LogP contribution in [0.5, 0.6) is 0 Å². The SMILES string of the molecule is Cc1c([C@H](C)OC(=O)Nc2cccc(C(F)(F)F)c2)sc2ncnn12. The molecule has 2 heterocycles. The Morgan fingerprint density at radius 1 is 1.40 bits per heavy atom. The Labute approximate surface area is 144 Å². The van der Waals surface area contributed by atoms with E-state index in [-0.39, 0.29) is 5.69 Å². The molecule has 0 aliphatic heterocycles. The lowest BCUT2D eigenvalue weighted by atomic mass is 10.2. The third kappa shape index (κ3) is 3.58. The molecular formula is C15H13F3N4O2S. The minimum absolute atomic E-state index is 0.00592. The number of carbonyl (C=O) groups excluding carboxylic acids is 1. The Kier molecular flexibility index (Phi) is 4.38. The third-order valence-corrected chi connectivity index (χ3v) is 4.79. The lowest BCUT2D eigenvalue weighted by Crippen LogP contribution is -2.16. The van der Waals surface area contributed by atoms with Gasteiger partial charge >= 0.3 is 12.3 Å². The second-order valence-corrected chi connectivity index (χ2v) is 6.27. The molecule has 132 valence electrons. The molecule has 1 atom stereocenters. The number of benzene rings is 1. The molecule has 25 heavy (non-hydrogen) atoms. The highest BCUT2D eigenvalue weighted by molar-refractivity contribution is 7.17. The zero-order valence-corrected chi connectivity index (χ0v) is 14.0. The van der Waals surface area contributed by atoms with Crippen molar-refractivity contribution in [3.8, 4) is 0 Å². The minimum atomic E-state index is -4.48. The van der Waals surface area contributed by atoms with E-state index in [1.807, 2.05) is 6.92 Å². The topological polar surface area (TPSA) is 68.5 Å². The van der Waals surface area contributed by atoms with Crippen LogP contribution in [0, 0.1) is 6.92 Å². The first kappa shape index (κ1) is 17.2. The van der Waals surface area contributed by atoms with E-state index in [9.17, 15) is 18.0 Å². The zero-order chi connectivity index (χ0) is 18.2. The molecule has 0 fully saturated rings. The van der Waals surface area contributed by atoms with Crippen molar-refractivity contribution in [2.75, 3.05) is 5.32 Å². The van der Waals surface area contributed by atoms with Crippen molar-refractivity contribution in [1.82, 2.24) is 14.6 Å². The fourth-order valence-corrected chi connectivity index (χ4v) is 3.33. The summed E-state index contributed by atoms with van der Waals surface area (Å²) in [5, 5.41) is 6.36. The molecule has 0 saturated carbocycles. The number of halogens is 3. The average Bonchev–Trinajstić information content (AvgIpc) is 3.10. The van der Waals surface area contributed by atoms with Gasteiger partial charge in [0.1, 0.15) is 12.4 Å². The predicted octanol–water partition coefficient (Wildman–Crippen LogP) is 4.43. The number of aromatic nitrogens is 3. The van der Waals surface area contributed by atoms with Crippen molar-refractivity contribution in [3.63, 3.8) is 0 Å². The highest BCUT2D eigenvalue weighted by Gasteiger charge is 2.30. The first-order valence-electron chi connectivity index (χ1n) is 7.19. The van der Waals surface area contributed by atoms with E-state index in [4.69, 9.17) is 4.74 Å². The maximum absolute atomic E-state index is 12.7. The van der Waals surface area contributed by atoms with Crippen molar-refractivity contribution in [2.45, 2.75) is 26.1 Å². The first-order chi connectivity index (χ1) is 11.8. The molecule has 1 amide bonds. The molecular weight excluding hydrogens is 357 g/mol. The van der Waals surface area contributed by atoms with Gasteiger partial charge in [-0.15, -0.1) is 0 Å². The third-order valence-electron chi connectivity index (χ3n) is 3.48. The second kappa shape index (κ2) is 6.36. The van der Waals surface area contributed by atoms with Crippen LogP contribution < -0.4 is 5.32 Å². The number of nitrogens with zero attached hydrogens (tertiary/aromatic N) is 3. The van der Waals surface area contributed by atoms with Gasteiger partial charge in [0.25, 0.3) is 0 Å². The van der Waals surface area contributed by atoms with Gasteiger partial charge in [-0.2, -0.15) is 18.3 Å². The summed E-state index contributed by atoms with van der Waals surface area (Å²) in [7, 11) is 0. The number of alkyl halides is 3. The Bertz CT molecular complexity index is 919. The maximum atomic E-state index is 12.7. The minimum Gasteiger partial charge on any atom is -0.440 e. The van der Waals surface area contributed by atoms with Crippen LogP contribution in [-0.4, -0.2) is 20.7 Å². The standard InChI is InChI=1S/C15H13F3N4O2S/c1-8-12(25-13-19-7-20-22(8)13)9(2)24-14(23)21-11-5-3-4-10(6-11)15(16,17)18/h3-7,9H,1-2H3,(H,21,23)/t9-/m0/s1. The Balaban J connectivity index is 1.70. The Morgan fingerprint density at radius 2 is 2.16 bits per heavy atom. The highest BCUT2D eigenvalue weighted by Crippen LogP contribution is 2.31. The Morgan fingerprint density at radius 3 is 2.84 bits per heavy atom. The number of aryl methyl sites for hydroxylation is 1. The van der Waals surface area contributed by atoms with Gasteiger partial charge in [0.15, 0.2) is 0 Å². The highest BCUT2D eigenvalue weighted by atomic mass is 32.1. The van der Waals surface area contributed by atoms with E-state index < -0.39 is 23.9 Å². The number of anilines is 1. The summed E-state index contributed by atoms with van der Waals surface area (Å²) in [5.74, 6) is 0. The van der Waals surface area contributed by atoms with Gasteiger partial charge < -0.3 is 4.74 Å². The molecule has 0 unspecified atom stereocenters. The van der Waals surface area contributed by atoms with Gasteiger partial charge in [0.2, 0.25) is 4.96 Å². The lowest BCUT2D eigenvalue weighted by molar-refractivity contribution is -0.137. The van der Waals surface area contributed by atoms with Crippen LogP contribution in [0.15, 0.2) is 30.6 Å². The van der Waals surface area contributed by atoms with Crippen molar-refractivity contribution in [1.29, 1.82) is 0 Å². The second-order valence-electron chi connectivity index (χ2n) is 5.26. The molecule has 0 saturated heterocycles. The van der Waals surface area contributed by atoms with Gasteiger partial charge in [-0.1, -0.05) is 17.4 Å². The molecule has 10 heteroatoms. The number of hydrogen-bond acceptors (Lipinski definition) is 5. The summed E-state index contributed by atoms with van der Waals surface area (Å²) in [5.41, 5.74) is -0.0528. The number of carbonyl (C=O) groups is 1. The molecule has 2 aromatic heterocycles. The largest absolute Gasteiger partial charge is 0.440 e. The summed E-state index contributed by atoms with van der Waals surface area (Å²) in [6, 6.07) is 4.35. The van der Waals surface area contributed by atoms with Crippen LogP contribution in [0.3, 0.4) is 0 Å². The number of ether oxygens (including phenoxy) is 1. The van der Waals surface area contributed by atoms with Crippen molar-refractivity contribution in [3.05, 3.63) is 46.7 Å². The van der Waals surface area contributed by atoms with Gasteiger partial charge in [0.05, 0.1) is 16.1 Å². The van der Waals surface area contributed by atoms with Crippen molar-refractivity contribution < 1.29 is 22.7 Å². The molecule has 1 aromatic carbocycles. The Hall–Kier alpha value is -2.62. The van der Waals surface area contributed by atoms with Crippen molar-refractivity contribution in [2.24, 2.45) is 0 Å². The number of nitrogens with one attached hydrogen (secondary N) is 1. The predicted molar refractivity (Wildman–Crippen MR) is 85.6 cm³/mol. The molecule has 0 aliphatic carbocycles. The van der Waals surface area contributed by atoms with E-state index in [1.54, 1.807) is 11.4 Å². The van der Waals surface area contributed by atoms with Crippen LogP contribution >= 0.6 is 11.3 Å². The maximum Gasteiger partial charge on any atom is 0.416 e. The van der Waals surface area contributed by atoms with Crippen LogP contribution in [0.2, 0.25) is 0 Å². The van der Waals surface area contributed by atoms with E-state index in [0.717, 1.165) is 22.7 Å². The van der Waals surface area contributed by atoms with E-state index >= 15 is 0 Å². The summed E-state index contributed by atoms with van der Waals surface area (Å²) < 4.78 is 45.0. The van der Waals surface area contributed by atoms with Crippen molar-refractivity contribution >= 4 is 28.1 Å².